The first-order chi connectivity index (χ1) is 10.1. The molecule has 0 unspecified atom stereocenters. The molecule has 0 aliphatic carbocycles. The van der Waals surface area contributed by atoms with Crippen molar-refractivity contribution in [3.8, 4) is 5.69 Å². The Bertz CT molecular complexity index is 822. The summed E-state index contributed by atoms with van der Waals surface area (Å²) in [6, 6.07) is 11.1. The smallest absolute Gasteiger partial charge is 0.337 e. The molecule has 0 amide bonds. The van der Waals surface area contributed by atoms with Crippen LogP contribution in [0.3, 0.4) is 0 Å². The maximum absolute atomic E-state index is 13.1. The lowest BCUT2D eigenvalue weighted by Crippen LogP contribution is -2.00. The van der Waals surface area contributed by atoms with Gasteiger partial charge in [0.2, 0.25) is 0 Å². The van der Waals surface area contributed by atoms with Crippen LogP contribution in [-0.2, 0) is 6.42 Å². The van der Waals surface area contributed by atoms with Crippen LogP contribution in [0.4, 0.5) is 4.39 Å². The van der Waals surface area contributed by atoms with Gasteiger partial charge in [-0.15, -0.1) is 0 Å². The van der Waals surface area contributed by atoms with Gasteiger partial charge >= 0.3 is 5.97 Å². The Morgan fingerprint density at radius 1 is 1.24 bits per heavy atom. The topological polar surface area (TPSA) is 55.1 Å². The molecule has 3 rings (SSSR count). The molecule has 1 N–H and O–H groups in total. The number of hydrogen-bond acceptors (Lipinski definition) is 2. The quantitative estimate of drug-likeness (QED) is 0.801. The van der Waals surface area contributed by atoms with Crippen molar-refractivity contribution in [2.45, 2.75) is 13.3 Å². The molecule has 0 aliphatic rings. The van der Waals surface area contributed by atoms with Crippen LogP contribution < -0.4 is 0 Å². The number of carbonyl (C=O) groups is 1. The fourth-order valence-corrected chi connectivity index (χ4v) is 2.44. The fourth-order valence-electron chi connectivity index (χ4n) is 2.44. The molecule has 5 heteroatoms. The van der Waals surface area contributed by atoms with Crippen molar-refractivity contribution in [1.82, 2.24) is 9.55 Å². The molecule has 0 fully saturated rings. The number of fused-ring (bicyclic) bond motifs is 1. The number of nitrogens with zero attached hydrogens (tertiary/aromatic N) is 2. The first-order valence-corrected chi connectivity index (χ1v) is 6.61. The Labute approximate surface area is 120 Å². The number of aryl methyl sites for hydroxylation is 1. The van der Waals surface area contributed by atoms with Crippen molar-refractivity contribution in [3.05, 3.63) is 59.7 Å². The second-order valence-corrected chi connectivity index (χ2v) is 4.67. The summed E-state index contributed by atoms with van der Waals surface area (Å²) in [5.41, 5.74) is 2.09. The van der Waals surface area contributed by atoms with E-state index in [1.807, 2.05) is 17.6 Å². The molecule has 1 aromatic heterocycles. The van der Waals surface area contributed by atoms with Gasteiger partial charge < -0.3 is 5.11 Å². The van der Waals surface area contributed by atoms with E-state index in [9.17, 15) is 14.3 Å². The van der Waals surface area contributed by atoms with Crippen LogP contribution in [0.25, 0.3) is 16.7 Å². The second-order valence-electron chi connectivity index (χ2n) is 4.67. The van der Waals surface area contributed by atoms with Gasteiger partial charge in [-0.3, -0.25) is 4.57 Å². The number of aromatic nitrogens is 2. The predicted octanol–water partition coefficient (Wildman–Crippen LogP) is 3.43. The van der Waals surface area contributed by atoms with Crippen LogP contribution >= 0.6 is 0 Å². The van der Waals surface area contributed by atoms with E-state index in [4.69, 9.17) is 0 Å². The predicted molar refractivity (Wildman–Crippen MR) is 77.4 cm³/mol. The number of hydrogen-bond donors (Lipinski definition) is 1. The van der Waals surface area contributed by atoms with Crippen LogP contribution in [-0.4, -0.2) is 20.6 Å². The molecular formula is C16H13FN2O2. The average molecular weight is 284 g/mol. The van der Waals surface area contributed by atoms with Gasteiger partial charge in [0.05, 0.1) is 11.1 Å². The van der Waals surface area contributed by atoms with Crippen LogP contribution in [0.5, 0.6) is 0 Å². The summed E-state index contributed by atoms with van der Waals surface area (Å²) in [5, 5.41) is 9.26. The first kappa shape index (κ1) is 13.3. The minimum Gasteiger partial charge on any atom is -0.478 e. The lowest BCUT2D eigenvalue weighted by Gasteiger charge is -2.08. The number of rotatable bonds is 3. The molecule has 0 spiro atoms. The Balaban J connectivity index is 2.33. The van der Waals surface area contributed by atoms with E-state index >= 15 is 0 Å². The van der Waals surface area contributed by atoms with E-state index in [2.05, 4.69) is 4.98 Å². The molecule has 3 aromatic rings. The zero-order valence-electron chi connectivity index (χ0n) is 11.4. The fraction of sp³-hybridized carbons (Fsp3) is 0.125. The Morgan fingerprint density at radius 3 is 2.57 bits per heavy atom. The van der Waals surface area contributed by atoms with E-state index in [0.717, 1.165) is 11.5 Å². The van der Waals surface area contributed by atoms with Gasteiger partial charge in [-0.2, -0.15) is 0 Å². The van der Waals surface area contributed by atoms with Crippen molar-refractivity contribution < 1.29 is 14.3 Å². The number of carboxylic acid groups (broad SMARTS) is 1. The largest absolute Gasteiger partial charge is 0.478 e. The first-order valence-electron chi connectivity index (χ1n) is 6.61. The third-order valence-corrected chi connectivity index (χ3v) is 3.39. The highest BCUT2D eigenvalue weighted by Crippen LogP contribution is 2.24. The Hall–Kier alpha value is -2.69. The van der Waals surface area contributed by atoms with Gasteiger partial charge in [-0.05, 0) is 36.4 Å². The molecule has 106 valence electrons. The highest BCUT2D eigenvalue weighted by atomic mass is 19.1. The highest BCUT2D eigenvalue weighted by molar-refractivity contribution is 6.01. The van der Waals surface area contributed by atoms with E-state index < -0.39 is 5.97 Å². The van der Waals surface area contributed by atoms with Crippen molar-refractivity contribution in [1.29, 1.82) is 0 Å². The Kier molecular flexibility index (Phi) is 3.17. The zero-order valence-corrected chi connectivity index (χ0v) is 11.4. The second kappa shape index (κ2) is 5.01. The van der Waals surface area contributed by atoms with Crippen molar-refractivity contribution in [2.75, 3.05) is 0 Å². The van der Waals surface area contributed by atoms with Gasteiger partial charge in [0.15, 0.2) is 0 Å². The standard InChI is InChI=1S/C16H13FN2O2/c1-2-14-18-15-12(16(20)21)4-3-5-13(15)19(14)11-8-6-10(17)7-9-11/h3-9H,2H2,1H3,(H,20,21). The molecule has 0 saturated carbocycles. The van der Waals surface area contributed by atoms with Gasteiger partial charge in [0.1, 0.15) is 17.2 Å². The number of benzene rings is 2. The van der Waals surface area contributed by atoms with Crippen molar-refractivity contribution in [2.24, 2.45) is 0 Å². The van der Waals surface area contributed by atoms with Gasteiger partial charge in [-0.1, -0.05) is 13.0 Å². The van der Waals surface area contributed by atoms with Crippen LogP contribution in [0.2, 0.25) is 0 Å². The van der Waals surface area contributed by atoms with Gasteiger partial charge in [0, 0.05) is 12.1 Å². The minimum absolute atomic E-state index is 0.170. The molecule has 0 radical (unpaired) electrons. The van der Waals surface area contributed by atoms with Gasteiger partial charge in [-0.25, -0.2) is 14.2 Å². The summed E-state index contributed by atoms with van der Waals surface area (Å²) in [4.78, 5) is 15.7. The SMILES string of the molecule is CCc1nc2c(C(=O)O)cccc2n1-c1ccc(F)cc1. The maximum Gasteiger partial charge on any atom is 0.337 e. The molecule has 0 atom stereocenters. The summed E-state index contributed by atoms with van der Waals surface area (Å²) < 4.78 is 15.0. The van der Waals surface area contributed by atoms with E-state index in [1.165, 1.54) is 18.2 Å². The molecule has 4 nitrogen and oxygen atoms in total. The van der Waals surface area contributed by atoms with E-state index in [1.54, 1.807) is 18.2 Å². The number of para-hydroxylation sites is 1. The summed E-state index contributed by atoms with van der Waals surface area (Å²) >= 11 is 0. The normalized spacial score (nSPS) is 11.0. The third kappa shape index (κ3) is 2.16. The highest BCUT2D eigenvalue weighted by Gasteiger charge is 2.16. The summed E-state index contributed by atoms with van der Waals surface area (Å²) in [6.07, 6.45) is 0.644. The molecule has 2 aromatic carbocycles. The summed E-state index contributed by atoms with van der Waals surface area (Å²) in [6.45, 7) is 1.95. The lowest BCUT2D eigenvalue weighted by molar-refractivity contribution is 0.0699. The zero-order chi connectivity index (χ0) is 15.0. The van der Waals surface area contributed by atoms with Crippen LogP contribution in [0.15, 0.2) is 42.5 Å². The van der Waals surface area contributed by atoms with E-state index in [0.29, 0.717) is 17.5 Å². The lowest BCUT2D eigenvalue weighted by atomic mass is 10.2. The van der Waals surface area contributed by atoms with Crippen molar-refractivity contribution >= 4 is 17.0 Å². The number of imidazole rings is 1. The molecule has 0 aliphatic heterocycles. The monoisotopic (exact) mass is 284 g/mol. The van der Waals surface area contributed by atoms with Crippen LogP contribution in [0.1, 0.15) is 23.1 Å². The summed E-state index contributed by atoms with van der Waals surface area (Å²) in [5.74, 6) is -0.579. The third-order valence-electron chi connectivity index (χ3n) is 3.39. The molecular weight excluding hydrogens is 271 g/mol. The van der Waals surface area contributed by atoms with Crippen LogP contribution in [0, 0.1) is 5.82 Å². The molecule has 0 saturated heterocycles. The number of halogens is 1. The molecule has 0 bridgehead atoms. The Morgan fingerprint density at radius 2 is 1.95 bits per heavy atom. The average Bonchev–Trinajstić information content (AvgIpc) is 2.86. The number of carboxylic acids is 1. The molecule has 21 heavy (non-hydrogen) atoms. The van der Waals surface area contributed by atoms with Gasteiger partial charge in [0.25, 0.3) is 0 Å². The minimum atomic E-state index is -1.01. The van der Waals surface area contributed by atoms with E-state index in [-0.39, 0.29) is 11.4 Å². The summed E-state index contributed by atoms with van der Waals surface area (Å²) in [7, 11) is 0. The maximum atomic E-state index is 13.1. The number of aromatic carboxylic acids is 1. The molecule has 1 heterocycles. The van der Waals surface area contributed by atoms with Crippen molar-refractivity contribution in [3.63, 3.8) is 0 Å².